The molecule has 0 unspecified atom stereocenters. The number of ether oxygens (including phenoxy) is 1. The number of anilines is 1. The SMILES string of the molecule is Cc1ccc(NS(=O)(=O)c2ccc(OCC(=O)NCC(C)(C)C)cc2)cc1Cl. The second-order valence-corrected chi connectivity index (χ2v) is 9.76. The summed E-state index contributed by atoms with van der Waals surface area (Å²) in [5.41, 5.74) is 1.23. The van der Waals surface area contributed by atoms with Crippen molar-refractivity contribution < 1.29 is 17.9 Å². The van der Waals surface area contributed by atoms with Crippen molar-refractivity contribution in [3.8, 4) is 5.75 Å². The van der Waals surface area contributed by atoms with Crippen molar-refractivity contribution in [3.63, 3.8) is 0 Å². The van der Waals surface area contributed by atoms with Gasteiger partial charge in [0.25, 0.3) is 15.9 Å². The van der Waals surface area contributed by atoms with Gasteiger partial charge in [0.15, 0.2) is 6.61 Å². The smallest absolute Gasteiger partial charge is 0.261 e. The van der Waals surface area contributed by atoms with Gasteiger partial charge in [-0.15, -0.1) is 0 Å². The van der Waals surface area contributed by atoms with E-state index in [4.69, 9.17) is 16.3 Å². The second-order valence-electron chi connectivity index (χ2n) is 7.67. The van der Waals surface area contributed by atoms with Crippen LogP contribution in [-0.2, 0) is 14.8 Å². The Labute approximate surface area is 171 Å². The number of carbonyl (C=O) groups excluding carboxylic acids is 1. The monoisotopic (exact) mass is 424 g/mol. The maximum Gasteiger partial charge on any atom is 0.261 e. The minimum Gasteiger partial charge on any atom is -0.484 e. The number of amides is 1. The van der Waals surface area contributed by atoms with Gasteiger partial charge in [0.2, 0.25) is 0 Å². The summed E-state index contributed by atoms with van der Waals surface area (Å²) < 4.78 is 32.9. The molecule has 0 radical (unpaired) electrons. The molecule has 2 aromatic carbocycles. The van der Waals surface area contributed by atoms with Gasteiger partial charge >= 0.3 is 0 Å². The zero-order valence-electron chi connectivity index (χ0n) is 16.4. The minimum absolute atomic E-state index is 0.0135. The highest BCUT2D eigenvalue weighted by Gasteiger charge is 2.15. The summed E-state index contributed by atoms with van der Waals surface area (Å²) in [5, 5.41) is 3.26. The molecule has 0 aliphatic carbocycles. The van der Waals surface area contributed by atoms with Crippen LogP contribution in [0, 0.1) is 12.3 Å². The van der Waals surface area contributed by atoms with E-state index in [0.717, 1.165) is 5.56 Å². The quantitative estimate of drug-likeness (QED) is 0.703. The number of aryl methyl sites for hydroxylation is 1. The lowest BCUT2D eigenvalue weighted by Crippen LogP contribution is -2.35. The third-order valence-electron chi connectivity index (χ3n) is 3.74. The highest BCUT2D eigenvalue weighted by Crippen LogP contribution is 2.23. The molecule has 8 heteroatoms. The molecule has 0 bridgehead atoms. The van der Waals surface area contributed by atoms with E-state index in [2.05, 4.69) is 10.0 Å². The van der Waals surface area contributed by atoms with E-state index in [-0.39, 0.29) is 22.8 Å². The van der Waals surface area contributed by atoms with E-state index in [0.29, 0.717) is 23.0 Å². The summed E-state index contributed by atoms with van der Waals surface area (Å²) in [7, 11) is -3.76. The molecule has 0 aliphatic rings. The molecule has 0 aliphatic heterocycles. The van der Waals surface area contributed by atoms with Crippen LogP contribution in [0.15, 0.2) is 47.4 Å². The van der Waals surface area contributed by atoms with Crippen molar-refractivity contribution in [1.29, 1.82) is 0 Å². The normalized spacial score (nSPS) is 11.8. The average molecular weight is 425 g/mol. The van der Waals surface area contributed by atoms with E-state index in [9.17, 15) is 13.2 Å². The summed E-state index contributed by atoms with van der Waals surface area (Å²) in [4.78, 5) is 11.9. The van der Waals surface area contributed by atoms with Crippen molar-refractivity contribution in [1.82, 2.24) is 5.32 Å². The van der Waals surface area contributed by atoms with Crippen molar-refractivity contribution in [2.24, 2.45) is 5.41 Å². The molecule has 0 saturated carbocycles. The zero-order valence-corrected chi connectivity index (χ0v) is 17.9. The van der Waals surface area contributed by atoms with E-state index in [1.807, 2.05) is 27.7 Å². The number of sulfonamides is 1. The van der Waals surface area contributed by atoms with E-state index >= 15 is 0 Å². The molecule has 0 spiro atoms. The molecular formula is C20H25ClN2O4S. The number of halogens is 1. The number of hydrogen-bond donors (Lipinski definition) is 2. The molecular weight excluding hydrogens is 400 g/mol. The number of nitrogens with one attached hydrogen (secondary N) is 2. The van der Waals surface area contributed by atoms with Crippen LogP contribution < -0.4 is 14.8 Å². The number of rotatable bonds is 7. The molecule has 2 N–H and O–H groups in total. The summed E-state index contributed by atoms with van der Waals surface area (Å²) in [6.07, 6.45) is 0. The lowest BCUT2D eigenvalue weighted by atomic mass is 9.97. The van der Waals surface area contributed by atoms with Gasteiger partial charge in [-0.3, -0.25) is 9.52 Å². The van der Waals surface area contributed by atoms with Crippen LogP contribution in [0.1, 0.15) is 26.3 Å². The Balaban J connectivity index is 1.97. The largest absolute Gasteiger partial charge is 0.484 e. The Morgan fingerprint density at radius 2 is 1.75 bits per heavy atom. The summed E-state index contributed by atoms with van der Waals surface area (Å²) in [6.45, 7) is 8.30. The molecule has 6 nitrogen and oxygen atoms in total. The number of benzene rings is 2. The van der Waals surface area contributed by atoms with E-state index in [1.165, 1.54) is 24.3 Å². The molecule has 0 aromatic heterocycles. The van der Waals surface area contributed by atoms with Crippen molar-refractivity contribution in [2.75, 3.05) is 17.9 Å². The molecule has 2 rings (SSSR count). The second kappa shape index (κ2) is 8.84. The maximum absolute atomic E-state index is 12.5. The zero-order chi connectivity index (χ0) is 20.9. The molecule has 152 valence electrons. The fourth-order valence-electron chi connectivity index (χ4n) is 2.15. The first-order valence-corrected chi connectivity index (χ1v) is 10.6. The first-order valence-electron chi connectivity index (χ1n) is 8.75. The predicted octanol–water partition coefficient (Wildman–Crippen LogP) is 3.99. The van der Waals surface area contributed by atoms with Gasteiger partial charge < -0.3 is 10.1 Å². The Bertz CT molecular complexity index is 936. The Morgan fingerprint density at radius 1 is 1.11 bits per heavy atom. The third-order valence-corrected chi connectivity index (χ3v) is 5.55. The van der Waals surface area contributed by atoms with Gasteiger partial charge in [0.1, 0.15) is 5.75 Å². The molecule has 1 amide bonds. The number of hydrogen-bond acceptors (Lipinski definition) is 4. The lowest BCUT2D eigenvalue weighted by Gasteiger charge is -2.18. The highest BCUT2D eigenvalue weighted by atomic mass is 35.5. The first kappa shape index (κ1) is 22.0. The molecule has 0 saturated heterocycles. The third kappa shape index (κ3) is 6.73. The van der Waals surface area contributed by atoms with Crippen LogP contribution in [0.3, 0.4) is 0 Å². The van der Waals surface area contributed by atoms with Gasteiger partial charge in [-0.05, 0) is 54.3 Å². The fourth-order valence-corrected chi connectivity index (χ4v) is 3.38. The standard InChI is InChI=1S/C20H25ClN2O4S/c1-14-5-6-15(11-18(14)21)23-28(25,26)17-9-7-16(8-10-17)27-12-19(24)22-13-20(2,3)4/h5-11,23H,12-13H2,1-4H3,(H,22,24). The first-order chi connectivity index (χ1) is 13.0. The van der Waals surface area contributed by atoms with Gasteiger partial charge in [0.05, 0.1) is 10.6 Å². The Kier molecular flexibility index (Phi) is 6.96. The van der Waals surface area contributed by atoms with Crippen molar-refractivity contribution >= 4 is 33.2 Å². The molecule has 28 heavy (non-hydrogen) atoms. The topological polar surface area (TPSA) is 84.5 Å². The van der Waals surface area contributed by atoms with E-state index in [1.54, 1.807) is 18.2 Å². The molecule has 0 fully saturated rings. The van der Waals surface area contributed by atoms with Crippen LogP contribution in [0.2, 0.25) is 5.02 Å². The fraction of sp³-hybridized carbons (Fsp3) is 0.350. The molecule has 0 atom stereocenters. The predicted molar refractivity (Wildman–Crippen MR) is 111 cm³/mol. The molecule has 2 aromatic rings. The van der Waals surface area contributed by atoms with Crippen molar-refractivity contribution in [3.05, 3.63) is 53.1 Å². The van der Waals surface area contributed by atoms with Gasteiger partial charge in [-0.25, -0.2) is 8.42 Å². The van der Waals surface area contributed by atoms with Crippen LogP contribution in [0.4, 0.5) is 5.69 Å². The lowest BCUT2D eigenvalue weighted by molar-refractivity contribution is -0.123. The summed E-state index contributed by atoms with van der Waals surface area (Å²) in [6, 6.07) is 10.8. The number of carbonyl (C=O) groups is 1. The highest BCUT2D eigenvalue weighted by molar-refractivity contribution is 7.92. The van der Waals surface area contributed by atoms with Crippen LogP contribution >= 0.6 is 11.6 Å². The van der Waals surface area contributed by atoms with Crippen LogP contribution in [-0.4, -0.2) is 27.5 Å². The molecule has 0 heterocycles. The van der Waals surface area contributed by atoms with Crippen LogP contribution in [0.25, 0.3) is 0 Å². The van der Waals surface area contributed by atoms with Gasteiger partial charge in [-0.1, -0.05) is 38.4 Å². The van der Waals surface area contributed by atoms with Crippen molar-refractivity contribution in [2.45, 2.75) is 32.6 Å². The van der Waals surface area contributed by atoms with Gasteiger partial charge in [-0.2, -0.15) is 0 Å². The van der Waals surface area contributed by atoms with Crippen LogP contribution in [0.5, 0.6) is 5.75 Å². The minimum atomic E-state index is -3.76. The summed E-state index contributed by atoms with van der Waals surface area (Å²) >= 11 is 6.03. The average Bonchev–Trinajstić information content (AvgIpc) is 2.61. The maximum atomic E-state index is 12.5. The van der Waals surface area contributed by atoms with Gasteiger partial charge in [0, 0.05) is 11.6 Å². The van der Waals surface area contributed by atoms with E-state index < -0.39 is 10.0 Å². The summed E-state index contributed by atoms with van der Waals surface area (Å²) in [5.74, 6) is 0.174. The Hall–Kier alpha value is -2.25. The Morgan fingerprint density at radius 3 is 2.32 bits per heavy atom.